The zero-order valence-electron chi connectivity index (χ0n) is 19.2. The predicted molar refractivity (Wildman–Crippen MR) is 116 cm³/mol. The standard InChI is InChI=1S/C26H46O2/c1-6-7-18(19-12-16(2)14-21(23(19)27)25(4)8-9-25)20-13-17(3)15-22(24(20)28)26(5)10-11-26/h16-24,27-28H,6-15H2,1-5H3. The lowest BCUT2D eigenvalue weighted by Gasteiger charge is -2.50. The van der Waals surface area contributed by atoms with E-state index < -0.39 is 0 Å². The van der Waals surface area contributed by atoms with Gasteiger partial charge in [-0.1, -0.05) is 41.0 Å². The fraction of sp³-hybridized carbons (Fsp3) is 1.00. The van der Waals surface area contributed by atoms with Gasteiger partial charge in [0.15, 0.2) is 0 Å². The van der Waals surface area contributed by atoms with Gasteiger partial charge in [0.1, 0.15) is 0 Å². The molecular weight excluding hydrogens is 344 g/mol. The molecule has 0 aliphatic heterocycles. The average molecular weight is 391 g/mol. The normalized spacial score (nSPS) is 48.1. The van der Waals surface area contributed by atoms with Gasteiger partial charge in [0, 0.05) is 0 Å². The molecule has 4 aliphatic carbocycles. The van der Waals surface area contributed by atoms with Crippen LogP contribution in [0.15, 0.2) is 0 Å². The summed E-state index contributed by atoms with van der Waals surface area (Å²) in [6, 6.07) is 0. The van der Waals surface area contributed by atoms with Crippen LogP contribution in [-0.2, 0) is 0 Å². The molecule has 0 spiro atoms. The molecule has 2 nitrogen and oxygen atoms in total. The molecule has 0 heterocycles. The molecular formula is C26H46O2. The molecule has 2 N–H and O–H groups in total. The maximum absolute atomic E-state index is 11.6. The van der Waals surface area contributed by atoms with E-state index in [1.165, 1.54) is 51.4 Å². The van der Waals surface area contributed by atoms with E-state index in [9.17, 15) is 10.2 Å². The highest BCUT2D eigenvalue weighted by atomic mass is 16.3. The molecule has 2 heteroatoms. The third-order valence-corrected chi connectivity index (χ3v) is 9.95. The van der Waals surface area contributed by atoms with Gasteiger partial charge in [-0.15, -0.1) is 0 Å². The number of hydrogen-bond donors (Lipinski definition) is 2. The minimum absolute atomic E-state index is 0.153. The van der Waals surface area contributed by atoms with Crippen molar-refractivity contribution in [1.29, 1.82) is 0 Å². The average Bonchev–Trinajstić information content (AvgIpc) is 3.56. The highest BCUT2D eigenvalue weighted by Crippen LogP contribution is 2.61. The van der Waals surface area contributed by atoms with Crippen LogP contribution in [0.5, 0.6) is 0 Å². The summed E-state index contributed by atoms with van der Waals surface area (Å²) in [6.45, 7) is 11.9. The van der Waals surface area contributed by atoms with Gasteiger partial charge in [-0.2, -0.15) is 0 Å². The summed E-state index contributed by atoms with van der Waals surface area (Å²) in [5.74, 6) is 3.67. The van der Waals surface area contributed by atoms with E-state index in [0.717, 1.165) is 12.8 Å². The first-order valence-corrected chi connectivity index (χ1v) is 12.5. The summed E-state index contributed by atoms with van der Waals surface area (Å²) in [5.41, 5.74) is 0.789. The maximum atomic E-state index is 11.6. The van der Waals surface area contributed by atoms with E-state index in [4.69, 9.17) is 0 Å². The van der Waals surface area contributed by atoms with Crippen molar-refractivity contribution in [3.63, 3.8) is 0 Å². The van der Waals surface area contributed by atoms with Gasteiger partial charge in [-0.25, -0.2) is 0 Å². The quantitative estimate of drug-likeness (QED) is 0.579. The van der Waals surface area contributed by atoms with Crippen LogP contribution in [-0.4, -0.2) is 22.4 Å². The molecule has 0 amide bonds. The number of aliphatic hydroxyl groups excluding tert-OH is 2. The van der Waals surface area contributed by atoms with Crippen molar-refractivity contribution < 1.29 is 10.2 Å². The van der Waals surface area contributed by atoms with E-state index in [-0.39, 0.29) is 12.2 Å². The fourth-order valence-corrected chi connectivity index (χ4v) is 7.61. The smallest absolute Gasteiger partial charge is 0.0604 e. The largest absolute Gasteiger partial charge is 0.393 e. The first-order chi connectivity index (χ1) is 13.2. The van der Waals surface area contributed by atoms with Crippen molar-refractivity contribution in [1.82, 2.24) is 0 Å². The van der Waals surface area contributed by atoms with Gasteiger partial charge >= 0.3 is 0 Å². The van der Waals surface area contributed by atoms with Gasteiger partial charge in [0.05, 0.1) is 12.2 Å². The molecule has 28 heavy (non-hydrogen) atoms. The Morgan fingerprint density at radius 2 is 1.14 bits per heavy atom. The molecule has 0 aromatic rings. The van der Waals surface area contributed by atoms with Gasteiger partial charge in [0.25, 0.3) is 0 Å². The predicted octanol–water partition coefficient (Wildman–Crippen LogP) is 6.05. The third kappa shape index (κ3) is 3.82. The lowest BCUT2D eigenvalue weighted by atomic mass is 9.57. The van der Waals surface area contributed by atoms with Crippen molar-refractivity contribution in [2.45, 2.75) is 111 Å². The minimum atomic E-state index is -0.153. The SMILES string of the molecule is CCCC(C1CC(C)CC(C2(C)CC2)C1O)C1CC(C)CC(C2(C)CC2)C1O. The van der Waals surface area contributed by atoms with Crippen LogP contribution in [0.3, 0.4) is 0 Å². The van der Waals surface area contributed by atoms with Crippen LogP contribution in [0.4, 0.5) is 0 Å². The van der Waals surface area contributed by atoms with Crippen LogP contribution in [0.25, 0.3) is 0 Å². The Morgan fingerprint density at radius 3 is 1.46 bits per heavy atom. The summed E-state index contributed by atoms with van der Waals surface area (Å²) in [5, 5.41) is 23.1. The van der Waals surface area contributed by atoms with Crippen LogP contribution < -0.4 is 0 Å². The minimum Gasteiger partial charge on any atom is -0.393 e. The molecule has 0 aromatic carbocycles. The van der Waals surface area contributed by atoms with E-state index in [0.29, 0.717) is 52.3 Å². The van der Waals surface area contributed by atoms with E-state index in [1.807, 2.05) is 0 Å². The Bertz CT molecular complexity index is 503. The monoisotopic (exact) mass is 390 g/mol. The summed E-state index contributed by atoms with van der Waals surface area (Å²) in [7, 11) is 0. The molecule has 0 saturated heterocycles. The third-order valence-electron chi connectivity index (χ3n) is 9.95. The van der Waals surface area contributed by atoms with Gasteiger partial charge in [-0.3, -0.25) is 0 Å². The first-order valence-electron chi connectivity index (χ1n) is 12.5. The second kappa shape index (κ2) is 7.56. The topological polar surface area (TPSA) is 40.5 Å². The molecule has 8 atom stereocenters. The van der Waals surface area contributed by atoms with Crippen LogP contribution in [0.2, 0.25) is 0 Å². The van der Waals surface area contributed by atoms with Crippen LogP contribution in [0.1, 0.15) is 98.8 Å². The van der Waals surface area contributed by atoms with E-state index >= 15 is 0 Å². The fourth-order valence-electron chi connectivity index (χ4n) is 7.61. The molecule has 4 rings (SSSR count). The second-order valence-electron chi connectivity index (χ2n) is 12.4. The van der Waals surface area contributed by atoms with Gasteiger partial charge < -0.3 is 10.2 Å². The molecule has 4 saturated carbocycles. The van der Waals surface area contributed by atoms with Gasteiger partial charge in [-0.05, 0) is 110 Å². The zero-order chi connectivity index (χ0) is 20.3. The lowest BCUT2D eigenvalue weighted by Crippen LogP contribution is -2.50. The molecule has 4 fully saturated rings. The Kier molecular flexibility index (Phi) is 5.71. The summed E-state index contributed by atoms with van der Waals surface area (Å²) < 4.78 is 0. The number of hydrogen-bond acceptors (Lipinski definition) is 2. The Balaban J connectivity index is 1.58. The van der Waals surface area contributed by atoms with Crippen LogP contribution >= 0.6 is 0 Å². The van der Waals surface area contributed by atoms with E-state index in [2.05, 4.69) is 34.6 Å². The molecule has 8 unspecified atom stereocenters. The molecule has 0 radical (unpaired) electrons. The Morgan fingerprint density at radius 1 is 0.750 bits per heavy atom. The van der Waals surface area contributed by atoms with Crippen molar-refractivity contribution in [2.24, 2.45) is 52.3 Å². The zero-order valence-corrected chi connectivity index (χ0v) is 19.2. The number of rotatable bonds is 6. The van der Waals surface area contributed by atoms with Crippen molar-refractivity contribution in [2.75, 3.05) is 0 Å². The Labute approximate surface area is 173 Å². The molecule has 162 valence electrons. The molecule has 0 aromatic heterocycles. The summed E-state index contributed by atoms with van der Waals surface area (Å²) in [4.78, 5) is 0. The molecule has 4 aliphatic rings. The lowest BCUT2D eigenvalue weighted by molar-refractivity contribution is -0.106. The highest BCUT2D eigenvalue weighted by molar-refractivity contribution is 5.06. The summed E-state index contributed by atoms with van der Waals surface area (Å²) >= 11 is 0. The second-order valence-corrected chi connectivity index (χ2v) is 12.4. The summed E-state index contributed by atoms with van der Waals surface area (Å²) in [6.07, 6.45) is 12.0. The van der Waals surface area contributed by atoms with Crippen LogP contribution in [0, 0.1) is 52.3 Å². The molecule has 0 bridgehead atoms. The number of aliphatic hydroxyl groups is 2. The van der Waals surface area contributed by atoms with Crippen molar-refractivity contribution in [3.8, 4) is 0 Å². The Hall–Kier alpha value is -0.0800. The van der Waals surface area contributed by atoms with Gasteiger partial charge in [0.2, 0.25) is 0 Å². The van der Waals surface area contributed by atoms with Crippen molar-refractivity contribution >= 4 is 0 Å². The van der Waals surface area contributed by atoms with Crippen molar-refractivity contribution in [3.05, 3.63) is 0 Å². The first kappa shape index (κ1) is 21.2. The maximum Gasteiger partial charge on any atom is 0.0604 e. The highest BCUT2D eigenvalue weighted by Gasteiger charge is 2.56. The van der Waals surface area contributed by atoms with E-state index in [1.54, 1.807) is 0 Å².